The second kappa shape index (κ2) is 7.77. The van der Waals surface area contributed by atoms with E-state index in [9.17, 15) is 4.79 Å². The third kappa shape index (κ3) is 3.52. The maximum atomic E-state index is 13.1. The van der Waals surface area contributed by atoms with Crippen LogP contribution >= 0.6 is 0 Å². The van der Waals surface area contributed by atoms with Crippen molar-refractivity contribution in [1.82, 2.24) is 9.88 Å². The summed E-state index contributed by atoms with van der Waals surface area (Å²) in [6.45, 7) is 5.24. The van der Waals surface area contributed by atoms with Crippen molar-refractivity contribution in [2.24, 2.45) is 0 Å². The minimum Gasteiger partial charge on any atom is -0.368 e. The van der Waals surface area contributed by atoms with Crippen molar-refractivity contribution in [3.63, 3.8) is 0 Å². The Morgan fingerprint density at radius 2 is 1.50 bits per heavy atom. The van der Waals surface area contributed by atoms with Crippen molar-refractivity contribution in [2.75, 3.05) is 49.1 Å². The minimum absolute atomic E-state index is 0.117. The number of amides is 1. The van der Waals surface area contributed by atoms with Crippen LogP contribution < -0.4 is 9.80 Å². The summed E-state index contributed by atoms with van der Waals surface area (Å²) >= 11 is 0. The molecular weight excluding hydrogens is 324 g/mol. The molecule has 5 nitrogen and oxygen atoms in total. The molecule has 3 heterocycles. The van der Waals surface area contributed by atoms with E-state index < -0.39 is 0 Å². The number of benzene rings is 1. The minimum atomic E-state index is 0.117. The molecule has 0 atom stereocenters. The molecule has 5 heteroatoms. The van der Waals surface area contributed by atoms with Crippen molar-refractivity contribution in [2.45, 2.75) is 19.3 Å². The smallest absolute Gasteiger partial charge is 0.257 e. The van der Waals surface area contributed by atoms with E-state index in [0.29, 0.717) is 0 Å². The highest BCUT2D eigenvalue weighted by Crippen LogP contribution is 2.24. The zero-order valence-corrected chi connectivity index (χ0v) is 15.2. The molecule has 2 aromatic rings. The van der Waals surface area contributed by atoms with E-state index in [2.05, 4.69) is 39.0 Å². The van der Waals surface area contributed by atoms with E-state index in [1.54, 1.807) is 6.20 Å². The molecular formula is C21H26N4O. The summed E-state index contributed by atoms with van der Waals surface area (Å²) in [4.78, 5) is 24.3. The van der Waals surface area contributed by atoms with E-state index in [0.717, 1.165) is 50.6 Å². The molecule has 1 aromatic heterocycles. The Balaban J connectivity index is 1.46. The topological polar surface area (TPSA) is 39.7 Å². The van der Waals surface area contributed by atoms with Crippen LogP contribution in [0.4, 0.5) is 11.5 Å². The van der Waals surface area contributed by atoms with Crippen LogP contribution in [0.15, 0.2) is 48.7 Å². The average Bonchev–Trinajstić information content (AvgIpc) is 2.75. The summed E-state index contributed by atoms with van der Waals surface area (Å²) in [6.07, 6.45) is 5.43. The van der Waals surface area contributed by atoms with Crippen LogP contribution in [0.5, 0.6) is 0 Å². The summed E-state index contributed by atoms with van der Waals surface area (Å²) in [5, 5.41) is 0. The van der Waals surface area contributed by atoms with Crippen LogP contribution in [-0.4, -0.2) is 55.1 Å². The molecule has 4 rings (SSSR count). The van der Waals surface area contributed by atoms with Gasteiger partial charge in [-0.25, -0.2) is 4.98 Å². The van der Waals surface area contributed by atoms with Gasteiger partial charge in [-0.05, 0) is 43.5 Å². The van der Waals surface area contributed by atoms with Gasteiger partial charge in [-0.1, -0.05) is 18.2 Å². The first-order valence-corrected chi connectivity index (χ1v) is 9.62. The summed E-state index contributed by atoms with van der Waals surface area (Å²) in [7, 11) is 0. The fourth-order valence-corrected chi connectivity index (χ4v) is 3.90. The Bertz CT molecular complexity index is 735. The van der Waals surface area contributed by atoms with Crippen molar-refractivity contribution < 1.29 is 4.79 Å². The van der Waals surface area contributed by atoms with Crippen LogP contribution in [0.25, 0.3) is 0 Å². The van der Waals surface area contributed by atoms with Gasteiger partial charge in [0.25, 0.3) is 5.91 Å². The third-order valence-electron chi connectivity index (χ3n) is 5.36. The number of carbonyl (C=O) groups is 1. The molecule has 2 saturated heterocycles. The van der Waals surface area contributed by atoms with E-state index >= 15 is 0 Å². The molecule has 2 aliphatic rings. The molecule has 0 N–H and O–H groups in total. The van der Waals surface area contributed by atoms with Gasteiger partial charge in [-0.3, -0.25) is 4.79 Å². The zero-order valence-electron chi connectivity index (χ0n) is 15.2. The van der Waals surface area contributed by atoms with Gasteiger partial charge in [0.15, 0.2) is 0 Å². The fourth-order valence-electron chi connectivity index (χ4n) is 3.90. The fraction of sp³-hybridized carbons (Fsp3) is 0.429. The van der Waals surface area contributed by atoms with Gasteiger partial charge in [0.2, 0.25) is 0 Å². The number of nitrogens with zero attached hydrogens (tertiary/aromatic N) is 4. The molecule has 2 fully saturated rings. The lowest BCUT2D eigenvalue weighted by Gasteiger charge is -2.37. The number of rotatable bonds is 3. The monoisotopic (exact) mass is 350 g/mol. The molecule has 0 bridgehead atoms. The van der Waals surface area contributed by atoms with E-state index in [-0.39, 0.29) is 5.91 Å². The van der Waals surface area contributed by atoms with Crippen LogP contribution in [0, 0.1) is 0 Å². The predicted molar refractivity (Wildman–Crippen MR) is 105 cm³/mol. The van der Waals surface area contributed by atoms with E-state index in [1.807, 2.05) is 23.1 Å². The molecule has 0 aliphatic carbocycles. The largest absolute Gasteiger partial charge is 0.368 e. The molecule has 0 radical (unpaired) electrons. The summed E-state index contributed by atoms with van der Waals surface area (Å²) < 4.78 is 0. The summed E-state index contributed by atoms with van der Waals surface area (Å²) in [6, 6.07) is 14.2. The Hall–Kier alpha value is -2.56. The Labute approximate surface area is 155 Å². The number of hydrogen-bond acceptors (Lipinski definition) is 4. The van der Waals surface area contributed by atoms with Crippen molar-refractivity contribution >= 4 is 17.4 Å². The quantitative estimate of drug-likeness (QED) is 0.853. The number of hydrogen-bond donors (Lipinski definition) is 0. The number of piperidine rings is 1. The first-order chi connectivity index (χ1) is 12.8. The Kier molecular flexibility index (Phi) is 5.04. The van der Waals surface area contributed by atoms with Crippen LogP contribution in [0.3, 0.4) is 0 Å². The Morgan fingerprint density at radius 3 is 2.23 bits per heavy atom. The molecule has 0 spiro atoms. The first kappa shape index (κ1) is 16.9. The highest BCUT2D eigenvalue weighted by Gasteiger charge is 2.26. The van der Waals surface area contributed by atoms with Crippen molar-refractivity contribution in [3.8, 4) is 0 Å². The highest BCUT2D eigenvalue weighted by molar-refractivity contribution is 5.99. The normalized spacial score (nSPS) is 18.1. The second-order valence-electron chi connectivity index (χ2n) is 7.04. The zero-order chi connectivity index (χ0) is 17.8. The molecule has 1 aromatic carbocycles. The van der Waals surface area contributed by atoms with Gasteiger partial charge in [0, 0.05) is 51.2 Å². The summed E-state index contributed by atoms with van der Waals surface area (Å²) in [5.41, 5.74) is 1.98. The summed E-state index contributed by atoms with van der Waals surface area (Å²) in [5.74, 6) is 0.981. The predicted octanol–water partition coefficient (Wildman–Crippen LogP) is 3.03. The number of pyridine rings is 1. The number of para-hydroxylation sites is 1. The number of carbonyl (C=O) groups excluding carboxylic acids is 1. The average molecular weight is 350 g/mol. The first-order valence-electron chi connectivity index (χ1n) is 9.62. The van der Waals surface area contributed by atoms with E-state index in [4.69, 9.17) is 0 Å². The number of aromatic nitrogens is 1. The lowest BCUT2D eigenvalue weighted by molar-refractivity contribution is 0.0747. The van der Waals surface area contributed by atoms with Gasteiger partial charge < -0.3 is 14.7 Å². The SMILES string of the molecule is O=C(c1cccnc1N1CCCCC1)N1CCN(c2ccccc2)CC1. The molecule has 136 valence electrons. The third-order valence-corrected chi connectivity index (χ3v) is 5.36. The van der Waals surface area contributed by atoms with Crippen LogP contribution in [0.1, 0.15) is 29.6 Å². The van der Waals surface area contributed by atoms with Gasteiger partial charge in [0.05, 0.1) is 5.56 Å². The van der Waals surface area contributed by atoms with Crippen molar-refractivity contribution in [3.05, 3.63) is 54.2 Å². The van der Waals surface area contributed by atoms with Crippen molar-refractivity contribution in [1.29, 1.82) is 0 Å². The molecule has 26 heavy (non-hydrogen) atoms. The molecule has 1 amide bonds. The molecule has 2 aliphatic heterocycles. The van der Waals surface area contributed by atoms with Gasteiger partial charge >= 0.3 is 0 Å². The van der Waals surface area contributed by atoms with Gasteiger partial charge in [-0.15, -0.1) is 0 Å². The van der Waals surface area contributed by atoms with Crippen LogP contribution in [0.2, 0.25) is 0 Å². The second-order valence-corrected chi connectivity index (χ2v) is 7.04. The number of piperazine rings is 1. The van der Waals surface area contributed by atoms with Crippen LogP contribution in [-0.2, 0) is 0 Å². The van der Waals surface area contributed by atoms with Gasteiger partial charge in [-0.2, -0.15) is 0 Å². The number of anilines is 2. The standard InChI is InChI=1S/C21H26N4O/c26-21(19-10-7-11-22-20(19)24-12-5-2-6-13-24)25-16-14-23(15-17-25)18-8-3-1-4-9-18/h1,3-4,7-11H,2,5-6,12-17H2. The Morgan fingerprint density at radius 1 is 0.769 bits per heavy atom. The van der Waals surface area contributed by atoms with E-state index in [1.165, 1.54) is 24.9 Å². The lowest BCUT2D eigenvalue weighted by atomic mass is 10.1. The highest BCUT2D eigenvalue weighted by atomic mass is 16.2. The molecule has 0 saturated carbocycles. The molecule has 0 unspecified atom stereocenters. The maximum Gasteiger partial charge on any atom is 0.257 e. The lowest BCUT2D eigenvalue weighted by Crippen LogP contribution is -2.49. The maximum absolute atomic E-state index is 13.1. The van der Waals surface area contributed by atoms with Gasteiger partial charge in [0.1, 0.15) is 5.82 Å².